The molecule has 2 unspecified atom stereocenters. The first-order valence-corrected chi connectivity index (χ1v) is 7.09. The topological polar surface area (TPSA) is 48.3 Å². The molecular formula is C16H23N3O2. The molecule has 0 bridgehead atoms. The van der Waals surface area contributed by atoms with Crippen LogP contribution in [0.3, 0.4) is 0 Å². The predicted molar refractivity (Wildman–Crippen MR) is 82.4 cm³/mol. The fourth-order valence-electron chi connectivity index (χ4n) is 2.61. The number of hydrogen-bond acceptors (Lipinski definition) is 4. The van der Waals surface area contributed by atoms with E-state index in [1.807, 2.05) is 29.9 Å². The highest BCUT2D eigenvalue weighted by Gasteiger charge is 2.29. The van der Waals surface area contributed by atoms with E-state index in [0.29, 0.717) is 0 Å². The summed E-state index contributed by atoms with van der Waals surface area (Å²) in [7, 11) is 5.30. The summed E-state index contributed by atoms with van der Waals surface area (Å²) >= 11 is 0. The van der Waals surface area contributed by atoms with Gasteiger partial charge in [-0.25, -0.2) is 0 Å². The first-order chi connectivity index (χ1) is 10.2. The maximum Gasteiger partial charge on any atom is 0.161 e. The van der Waals surface area contributed by atoms with Crippen LogP contribution in [0.25, 0.3) is 0 Å². The highest BCUT2D eigenvalue weighted by molar-refractivity contribution is 5.32. The largest absolute Gasteiger partial charge is 0.493 e. The van der Waals surface area contributed by atoms with E-state index < -0.39 is 0 Å². The molecular weight excluding hydrogens is 266 g/mol. The Bertz CT molecular complexity index is 554. The van der Waals surface area contributed by atoms with Crippen molar-refractivity contribution < 1.29 is 9.47 Å². The summed E-state index contributed by atoms with van der Waals surface area (Å²) in [5.74, 6) is 0.765. The highest BCUT2D eigenvalue weighted by atomic mass is 16.5. The van der Waals surface area contributed by atoms with Crippen molar-refractivity contribution in [3.63, 3.8) is 0 Å². The van der Waals surface area contributed by atoms with Gasteiger partial charge in [-0.05, 0) is 12.1 Å². The molecule has 0 saturated heterocycles. The van der Waals surface area contributed by atoms with Gasteiger partial charge in [0.1, 0.15) is 6.10 Å². The number of hydrogen-bond donors (Lipinski definition) is 1. The molecule has 0 aliphatic rings. The van der Waals surface area contributed by atoms with Crippen LogP contribution in [0.2, 0.25) is 0 Å². The SMILES string of the molecule is CCNC(c1c(OC)cnn1C)C(OC)c1ccccc1. The minimum Gasteiger partial charge on any atom is -0.493 e. The van der Waals surface area contributed by atoms with Crippen molar-refractivity contribution >= 4 is 0 Å². The van der Waals surface area contributed by atoms with E-state index in [-0.39, 0.29) is 12.1 Å². The van der Waals surface area contributed by atoms with Crippen molar-refractivity contribution in [1.82, 2.24) is 15.1 Å². The van der Waals surface area contributed by atoms with Crippen molar-refractivity contribution in [3.8, 4) is 5.75 Å². The van der Waals surface area contributed by atoms with Gasteiger partial charge in [0.2, 0.25) is 0 Å². The Morgan fingerprint density at radius 3 is 2.52 bits per heavy atom. The normalized spacial score (nSPS) is 13.9. The number of methoxy groups -OCH3 is 2. The minimum atomic E-state index is -0.115. The Morgan fingerprint density at radius 2 is 1.95 bits per heavy atom. The van der Waals surface area contributed by atoms with Gasteiger partial charge in [0.25, 0.3) is 0 Å². The van der Waals surface area contributed by atoms with Gasteiger partial charge in [-0.15, -0.1) is 0 Å². The van der Waals surface area contributed by atoms with Gasteiger partial charge in [-0.1, -0.05) is 37.3 Å². The summed E-state index contributed by atoms with van der Waals surface area (Å²) in [5.41, 5.74) is 2.10. The van der Waals surface area contributed by atoms with Crippen LogP contribution in [-0.2, 0) is 11.8 Å². The Labute approximate surface area is 125 Å². The molecule has 0 aliphatic heterocycles. The van der Waals surface area contributed by atoms with Gasteiger partial charge in [0.05, 0.1) is 25.0 Å². The fraction of sp³-hybridized carbons (Fsp3) is 0.438. The molecule has 2 rings (SSSR count). The van der Waals surface area contributed by atoms with E-state index in [4.69, 9.17) is 9.47 Å². The van der Waals surface area contributed by atoms with Gasteiger partial charge in [-0.2, -0.15) is 5.10 Å². The van der Waals surface area contributed by atoms with Gasteiger partial charge >= 0.3 is 0 Å². The fourth-order valence-corrected chi connectivity index (χ4v) is 2.61. The molecule has 21 heavy (non-hydrogen) atoms. The second-order valence-electron chi connectivity index (χ2n) is 4.82. The summed E-state index contributed by atoms with van der Waals surface area (Å²) in [5, 5.41) is 7.78. The first-order valence-electron chi connectivity index (χ1n) is 7.09. The predicted octanol–water partition coefficient (Wildman–Crippen LogP) is 2.47. The van der Waals surface area contributed by atoms with Crippen LogP contribution >= 0.6 is 0 Å². The zero-order valence-electron chi connectivity index (χ0n) is 13.0. The van der Waals surface area contributed by atoms with Crippen molar-refractivity contribution in [2.75, 3.05) is 20.8 Å². The third-order valence-corrected chi connectivity index (χ3v) is 3.57. The standard InChI is InChI=1S/C16H23N3O2/c1-5-17-14(15-13(20-3)11-18-19(15)2)16(21-4)12-9-7-6-8-10-12/h6-11,14,16-17H,5H2,1-4H3. The molecule has 2 aromatic rings. The maximum atomic E-state index is 5.77. The van der Waals surface area contributed by atoms with Gasteiger partial charge in [0, 0.05) is 14.2 Å². The molecule has 0 amide bonds. The van der Waals surface area contributed by atoms with E-state index in [0.717, 1.165) is 23.6 Å². The maximum absolute atomic E-state index is 5.77. The van der Waals surface area contributed by atoms with E-state index in [1.165, 1.54) is 0 Å². The third kappa shape index (κ3) is 3.25. The number of aromatic nitrogens is 2. The lowest BCUT2D eigenvalue weighted by Crippen LogP contribution is -2.30. The monoisotopic (exact) mass is 289 g/mol. The molecule has 1 heterocycles. The molecule has 5 nitrogen and oxygen atoms in total. The van der Waals surface area contributed by atoms with Crippen LogP contribution < -0.4 is 10.1 Å². The lowest BCUT2D eigenvalue weighted by atomic mass is 9.99. The van der Waals surface area contributed by atoms with Gasteiger partial charge < -0.3 is 14.8 Å². The molecule has 1 aromatic carbocycles. The Kier molecular flexibility index (Phi) is 5.36. The Balaban J connectivity index is 2.43. The van der Waals surface area contributed by atoms with E-state index in [2.05, 4.69) is 29.5 Å². The van der Waals surface area contributed by atoms with Crippen molar-refractivity contribution in [3.05, 3.63) is 47.8 Å². The van der Waals surface area contributed by atoms with Crippen LogP contribution in [0.15, 0.2) is 36.5 Å². The number of ether oxygens (including phenoxy) is 2. The van der Waals surface area contributed by atoms with E-state index in [1.54, 1.807) is 20.4 Å². The molecule has 0 aliphatic carbocycles. The number of rotatable bonds is 7. The molecule has 114 valence electrons. The summed E-state index contributed by atoms with van der Waals surface area (Å²) in [4.78, 5) is 0. The average molecular weight is 289 g/mol. The first kappa shape index (κ1) is 15.5. The van der Waals surface area contributed by atoms with E-state index >= 15 is 0 Å². The lowest BCUT2D eigenvalue weighted by molar-refractivity contribution is 0.0646. The Morgan fingerprint density at radius 1 is 1.24 bits per heavy atom. The van der Waals surface area contributed by atoms with Gasteiger partial charge in [-0.3, -0.25) is 4.68 Å². The molecule has 5 heteroatoms. The molecule has 0 radical (unpaired) electrons. The van der Waals surface area contributed by atoms with E-state index in [9.17, 15) is 0 Å². The summed E-state index contributed by atoms with van der Waals surface area (Å²) in [6, 6.07) is 10.1. The third-order valence-electron chi connectivity index (χ3n) is 3.57. The number of aryl methyl sites for hydroxylation is 1. The number of benzene rings is 1. The second-order valence-corrected chi connectivity index (χ2v) is 4.82. The highest BCUT2D eigenvalue weighted by Crippen LogP contribution is 2.35. The molecule has 0 fully saturated rings. The second kappa shape index (κ2) is 7.24. The van der Waals surface area contributed by atoms with Crippen LogP contribution in [0.5, 0.6) is 5.75 Å². The minimum absolute atomic E-state index is 0.0372. The zero-order valence-corrected chi connectivity index (χ0v) is 13.0. The summed E-state index contributed by atoms with van der Waals surface area (Å²) < 4.78 is 13.0. The zero-order chi connectivity index (χ0) is 15.2. The average Bonchev–Trinajstić information content (AvgIpc) is 2.89. The van der Waals surface area contributed by atoms with Gasteiger partial charge in [0.15, 0.2) is 5.75 Å². The van der Waals surface area contributed by atoms with Crippen LogP contribution in [0.4, 0.5) is 0 Å². The number of likely N-dealkylation sites (N-methyl/N-ethyl adjacent to an activating group) is 1. The molecule has 0 saturated carbocycles. The number of nitrogens with one attached hydrogen (secondary N) is 1. The van der Waals surface area contributed by atoms with Crippen molar-refractivity contribution in [2.45, 2.75) is 19.1 Å². The molecule has 2 atom stereocenters. The summed E-state index contributed by atoms with van der Waals surface area (Å²) in [6.45, 7) is 2.90. The van der Waals surface area contributed by atoms with Crippen LogP contribution in [0, 0.1) is 0 Å². The van der Waals surface area contributed by atoms with Crippen LogP contribution in [-0.4, -0.2) is 30.5 Å². The lowest BCUT2D eigenvalue weighted by Gasteiger charge is -2.28. The van der Waals surface area contributed by atoms with Crippen molar-refractivity contribution in [2.24, 2.45) is 7.05 Å². The number of nitrogens with zero attached hydrogens (tertiary/aromatic N) is 2. The van der Waals surface area contributed by atoms with Crippen molar-refractivity contribution in [1.29, 1.82) is 0 Å². The van der Waals surface area contributed by atoms with Crippen LogP contribution in [0.1, 0.15) is 30.3 Å². The molecule has 1 N–H and O–H groups in total. The summed E-state index contributed by atoms with van der Waals surface area (Å²) in [6.07, 6.45) is 1.62. The molecule has 1 aromatic heterocycles. The Hall–Kier alpha value is -1.85. The smallest absolute Gasteiger partial charge is 0.161 e. The molecule has 0 spiro atoms. The quantitative estimate of drug-likeness (QED) is 0.850.